The van der Waals surface area contributed by atoms with Crippen LogP contribution in [0, 0.1) is 13.8 Å². The molecule has 2 rings (SSSR count). The van der Waals surface area contributed by atoms with E-state index in [-0.39, 0.29) is 0 Å². The van der Waals surface area contributed by atoms with E-state index in [1.54, 1.807) is 0 Å². The van der Waals surface area contributed by atoms with E-state index >= 15 is 0 Å². The largest absolute Gasteiger partial charge is 0.480 e. The maximum atomic E-state index is 11.1. The van der Waals surface area contributed by atoms with Crippen LogP contribution in [-0.4, -0.2) is 46.8 Å². The zero-order valence-corrected chi connectivity index (χ0v) is 10.1. The number of carbonyl (C=O) groups is 1. The van der Waals surface area contributed by atoms with E-state index in [9.17, 15) is 4.79 Å². The maximum absolute atomic E-state index is 11.1. The third-order valence-corrected chi connectivity index (χ3v) is 3.18. The van der Waals surface area contributed by atoms with E-state index in [1.165, 1.54) is 0 Å². The minimum atomic E-state index is -0.788. The zero-order valence-electron chi connectivity index (χ0n) is 10.1. The molecule has 1 unspecified atom stereocenters. The fourth-order valence-electron chi connectivity index (χ4n) is 2.11. The van der Waals surface area contributed by atoms with Crippen molar-refractivity contribution < 1.29 is 14.4 Å². The monoisotopic (exact) mass is 239 g/mol. The third kappa shape index (κ3) is 2.48. The van der Waals surface area contributed by atoms with Gasteiger partial charge in [0.15, 0.2) is 0 Å². The van der Waals surface area contributed by atoms with Crippen LogP contribution >= 0.6 is 0 Å². The van der Waals surface area contributed by atoms with Crippen LogP contribution in [0.4, 0.5) is 0 Å². The summed E-state index contributed by atoms with van der Waals surface area (Å²) in [7, 11) is 0. The Balaban J connectivity index is 2.13. The number of carboxylic acids is 1. The van der Waals surface area contributed by atoms with Crippen LogP contribution < -0.4 is 5.32 Å². The predicted octanol–water partition coefficient (Wildman–Crippen LogP) is 0.150. The van der Waals surface area contributed by atoms with E-state index in [4.69, 9.17) is 9.63 Å². The summed E-state index contributed by atoms with van der Waals surface area (Å²) in [6, 6.07) is -0.475. The van der Waals surface area contributed by atoms with E-state index in [0.29, 0.717) is 13.1 Å². The lowest BCUT2D eigenvalue weighted by Gasteiger charge is -2.33. The van der Waals surface area contributed by atoms with Gasteiger partial charge in [0.1, 0.15) is 11.8 Å². The van der Waals surface area contributed by atoms with E-state index in [1.807, 2.05) is 18.7 Å². The van der Waals surface area contributed by atoms with Gasteiger partial charge in [0.25, 0.3) is 0 Å². The lowest BCUT2D eigenvalue weighted by atomic mass is 10.1. The summed E-state index contributed by atoms with van der Waals surface area (Å²) in [4.78, 5) is 13.1. The molecule has 6 nitrogen and oxygen atoms in total. The highest BCUT2D eigenvalue weighted by atomic mass is 16.5. The van der Waals surface area contributed by atoms with E-state index in [0.717, 1.165) is 30.1 Å². The quantitative estimate of drug-likeness (QED) is 0.781. The normalized spacial score (nSPS) is 21.6. The van der Waals surface area contributed by atoms with Crippen LogP contribution in [0.3, 0.4) is 0 Å². The SMILES string of the molecule is Cc1noc(C)c1CN1CCNCC1C(=O)O. The number of hydrogen-bond donors (Lipinski definition) is 2. The number of piperazine rings is 1. The van der Waals surface area contributed by atoms with Gasteiger partial charge >= 0.3 is 5.97 Å². The number of nitrogens with one attached hydrogen (secondary N) is 1. The molecular weight excluding hydrogens is 222 g/mol. The molecule has 1 aromatic heterocycles. The van der Waals surface area contributed by atoms with Crippen LogP contribution in [0.5, 0.6) is 0 Å². The lowest BCUT2D eigenvalue weighted by molar-refractivity contribution is -0.144. The molecule has 1 aliphatic heterocycles. The second-order valence-corrected chi connectivity index (χ2v) is 4.33. The summed E-state index contributed by atoms with van der Waals surface area (Å²) < 4.78 is 5.09. The number of aryl methyl sites for hydroxylation is 2. The molecule has 0 aromatic carbocycles. The molecule has 0 bridgehead atoms. The van der Waals surface area contributed by atoms with Crippen molar-refractivity contribution in [3.8, 4) is 0 Å². The molecule has 1 atom stereocenters. The lowest BCUT2D eigenvalue weighted by Crippen LogP contribution is -2.54. The molecule has 6 heteroatoms. The summed E-state index contributed by atoms with van der Waals surface area (Å²) in [5.41, 5.74) is 1.84. The highest BCUT2D eigenvalue weighted by Gasteiger charge is 2.29. The molecule has 0 saturated carbocycles. The van der Waals surface area contributed by atoms with Crippen molar-refractivity contribution in [2.75, 3.05) is 19.6 Å². The van der Waals surface area contributed by atoms with Gasteiger partial charge in [-0.3, -0.25) is 9.69 Å². The molecule has 2 N–H and O–H groups in total. The average molecular weight is 239 g/mol. The van der Waals surface area contributed by atoms with Gasteiger partial charge in [-0.25, -0.2) is 0 Å². The number of rotatable bonds is 3. The maximum Gasteiger partial charge on any atom is 0.322 e. The first kappa shape index (κ1) is 12.1. The van der Waals surface area contributed by atoms with Gasteiger partial charge in [-0.05, 0) is 13.8 Å². The first-order valence-electron chi connectivity index (χ1n) is 5.69. The summed E-state index contributed by atoms with van der Waals surface area (Å²) in [5.74, 6) is -0.0193. The van der Waals surface area contributed by atoms with Gasteiger partial charge in [0.05, 0.1) is 5.69 Å². The number of carboxylic acid groups (broad SMARTS) is 1. The molecule has 0 amide bonds. The Kier molecular flexibility index (Phi) is 3.44. The van der Waals surface area contributed by atoms with E-state index < -0.39 is 12.0 Å². The molecule has 0 spiro atoms. The average Bonchev–Trinajstić information content (AvgIpc) is 2.61. The van der Waals surface area contributed by atoms with Crippen molar-refractivity contribution in [1.29, 1.82) is 0 Å². The zero-order chi connectivity index (χ0) is 12.4. The first-order valence-corrected chi connectivity index (χ1v) is 5.69. The van der Waals surface area contributed by atoms with E-state index in [2.05, 4.69) is 10.5 Å². The van der Waals surface area contributed by atoms with Crippen LogP contribution in [0.25, 0.3) is 0 Å². The molecule has 2 heterocycles. The number of aromatic nitrogens is 1. The highest BCUT2D eigenvalue weighted by molar-refractivity contribution is 5.74. The third-order valence-electron chi connectivity index (χ3n) is 3.18. The second-order valence-electron chi connectivity index (χ2n) is 4.33. The topological polar surface area (TPSA) is 78.6 Å². The van der Waals surface area contributed by atoms with Crippen molar-refractivity contribution in [2.45, 2.75) is 26.4 Å². The van der Waals surface area contributed by atoms with Crippen molar-refractivity contribution in [2.24, 2.45) is 0 Å². The summed E-state index contributed by atoms with van der Waals surface area (Å²) in [6.45, 7) is 6.34. The van der Waals surface area contributed by atoms with Crippen molar-refractivity contribution in [1.82, 2.24) is 15.4 Å². The molecule has 1 aromatic rings. The van der Waals surface area contributed by atoms with Crippen molar-refractivity contribution >= 4 is 5.97 Å². The van der Waals surface area contributed by atoms with Crippen LogP contribution in [0.1, 0.15) is 17.0 Å². The summed E-state index contributed by atoms with van der Waals surface area (Å²) in [5, 5.41) is 16.1. The Morgan fingerprint density at radius 1 is 1.65 bits per heavy atom. The first-order chi connectivity index (χ1) is 8.09. The van der Waals surface area contributed by atoms with Crippen molar-refractivity contribution in [3.05, 3.63) is 17.0 Å². The second kappa shape index (κ2) is 4.85. The van der Waals surface area contributed by atoms with Crippen LogP contribution in [0.2, 0.25) is 0 Å². The molecule has 17 heavy (non-hydrogen) atoms. The molecule has 1 fully saturated rings. The smallest absolute Gasteiger partial charge is 0.322 e. The van der Waals surface area contributed by atoms with Gasteiger partial charge in [-0.15, -0.1) is 0 Å². The van der Waals surface area contributed by atoms with Gasteiger partial charge in [-0.1, -0.05) is 5.16 Å². The fourth-order valence-corrected chi connectivity index (χ4v) is 2.11. The molecule has 94 valence electrons. The summed E-state index contributed by atoms with van der Waals surface area (Å²) in [6.07, 6.45) is 0. The Labute approximate surface area is 99.6 Å². The van der Waals surface area contributed by atoms with Crippen LogP contribution in [0.15, 0.2) is 4.52 Å². The fraction of sp³-hybridized carbons (Fsp3) is 0.636. The van der Waals surface area contributed by atoms with Gasteiger partial charge in [-0.2, -0.15) is 0 Å². The highest BCUT2D eigenvalue weighted by Crippen LogP contribution is 2.17. The Bertz CT molecular complexity index is 397. The molecule has 0 radical (unpaired) electrons. The minimum absolute atomic E-state index is 0.475. The minimum Gasteiger partial charge on any atom is -0.480 e. The van der Waals surface area contributed by atoms with Gasteiger partial charge in [0.2, 0.25) is 0 Å². The number of nitrogens with zero attached hydrogens (tertiary/aromatic N) is 2. The molecule has 1 saturated heterocycles. The standard InChI is InChI=1S/C11H17N3O3/c1-7-9(8(2)17-13-7)6-14-4-3-12-5-10(14)11(15)16/h10,12H,3-6H2,1-2H3,(H,15,16). The molecular formula is C11H17N3O3. The van der Waals surface area contributed by atoms with Crippen LogP contribution in [-0.2, 0) is 11.3 Å². The summed E-state index contributed by atoms with van der Waals surface area (Å²) >= 11 is 0. The van der Waals surface area contributed by atoms with Gasteiger partial charge < -0.3 is 14.9 Å². The molecule has 0 aliphatic carbocycles. The molecule has 1 aliphatic rings. The Morgan fingerprint density at radius 3 is 3.00 bits per heavy atom. The van der Waals surface area contributed by atoms with Crippen molar-refractivity contribution in [3.63, 3.8) is 0 Å². The van der Waals surface area contributed by atoms with Gasteiger partial charge in [0, 0.05) is 31.7 Å². The number of hydrogen-bond acceptors (Lipinski definition) is 5. The predicted molar refractivity (Wildman–Crippen MR) is 60.7 cm³/mol. The number of aliphatic carboxylic acids is 1. The Morgan fingerprint density at radius 2 is 2.41 bits per heavy atom. The Hall–Kier alpha value is -1.40.